The molecule has 1 saturated heterocycles. The Bertz CT molecular complexity index is 772. The molecule has 1 atom stereocenters. The number of carbonyl (C=O) groups excluding carboxylic acids is 1. The Hall–Kier alpha value is -2.19. The van der Waals surface area contributed by atoms with Crippen molar-refractivity contribution in [2.24, 2.45) is 0 Å². The normalized spacial score (nSPS) is 21.6. The van der Waals surface area contributed by atoms with Gasteiger partial charge < -0.3 is 15.1 Å². The number of nitrogens with one attached hydrogen (secondary N) is 1. The van der Waals surface area contributed by atoms with Gasteiger partial charge in [-0.25, -0.2) is 4.68 Å². The van der Waals surface area contributed by atoms with Crippen LogP contribution in [0, 0.1) is 0 Å². The highest BCUT2D eigenvalue weighted by atomic mass is 32.1. The zero-order valence-electron chi connectivity index (χ0n) is 13.8. The van der Waals surface area contributed by atoms with Gasteiger partial charge in [0.25, 0.3) is 5.91 Å². The zero-order chi connectivity index (χ0) is 16.7. The SMILES string of the molecule is CC1=C(C(=O)N2CCN(C)CC2)[C@H](c2cccs2)n2ncnc2N1. The minimum Gasteiger partial charge on any atom is -0.336 e. The molecule has 2 aromatic rings. The van der Waals surface area contributed by atoms with Gasteiger partial charge in [-0.3, -0.25) is 4.79 Å². The van der Waals surface area contributed by atoms with Gasteiger partial charge in [-0.2, -0.15) is 10.1 Å². The van der Waals surface area contributed by atoms with Crippen LogP contribution in [0.2, 0.25) is 0 Å². The van der Waals surface area contributed by atoms with Crippen LogP contribution in [-0.2, 0) is 4.79 Å². The monoisotopic (exact) mass is 344 g/mol. The van der Waals surface area contributed by atoms with E-state index < -0.39 is 0 Å². The van der Waals surface area contributed by atoms with Crippen molar-refractivity contribution in [3.8, 4) is 0 Å². The van der Waals surface area contributed by atoms with Crippen molar-refractivity contribution >= 4 is 23.2 Å². The third kappa shape index (κ3) is 2.51. The van der Waals surface area contributed by atoms with Crippen LogP contribution >= 0.6 is 11.3 Å². The Morgan fingerprint density at radius 2 is 2.12 bits per heavy atom. The maximum absolute atomic E-state index is 13.3. The van der Waals surface area contributed by atoms with Crippen LogP contribution in [0.15, 0.2) is 35.1 Å². The molecule has 8 heteroatoms. The van der Waals surface area contributed by atoms with E-state index >= 15 is 0 Å². The molecule has 1 amide bonds. The van der Waals surface area contributed by atoms with E-state index in [1.165, 1.54) is 6.33 Å². The molecule has 4 heterocycles. The van der Waals surface area contributed by atoms with Crippen LogP contribution in [0.5, 0.6) is 0 Å². The number of rotatable bonds is 2. The second kappa shape index (κ2) is 6.03. The van der Waals surface area contributed by atoms with E-state index in [9.17, 15) is 4.79 Å². The predicted octanol–water partition coefficient (Wildman–Crippen LogP) is 1.40. The van der Waals surface area contributed by atoms with Crippen LogP contribution < -0.4 is 5.32 Å². The number of aromatic nitrogens is 3. The van der Waals surface area contributed by atoms with Crippen molar-refractivity contribution < 1.29 is 4.79 Å². The fourth-order valence-corrected chi connectivity index (χ4v) is 4.08. The summed E-state index contributed by atoms with van der Waals surface area (Å²) in [5, 5.41) is 9.61. The maximum atomic E-state index is 13.3. The molecule has 0 saturated carbocycles. The van der Waals surface area contributed by atoms with Gasteiger partial charge in [0, 0.05) is 36.8 Å². The molecule has 0 bridgehead atoms. The van der Waals surface area contributed by atoms with Crippen LogP contribution in [0.4, 0.5) is 5.95 Å². The van der Waals surface area contributed by atoms with Crippen molar-refractivity contribution in [2.75, 3.05) is 38.5 Å². The first-order valence-electron chi connectivity index (χ1n) is 8.03. The van der Waals surface area contributed by atoms with Gasteiger partial charge in [0.1, 0.15) is 12.4 Å². The summed E-state index contributed by atoms with van der Waals surface area (Å²) >= 11 is 1.64. The lowest BCUT2D eigenvalue weighted by Crippen LogP contribution is -2.49. The van der Waals surface area contributed by atoms with E-state index in [0.29, 0.717) is 5.95 Å². The minimum atomic E-state index is -0.212. The first-order chi connectivity index (χ1) is 11.6. The number of hydrogen-bond donors (Lipinski definition) is 1. The van der Waals surface area contributed by atoms with E-state index in [2.05, 4.69) is 33.4 Å². The van der Waals surface area contributed by atoms with Crippen molar-refractivity contribution in [1.29, 1.82) is 0 Å². The highest BCUT2D eigenvalue weighted by Gasteiger charge is 2.36. The number of nitrogens with zero attached hydrogens (tertiary/aromatic N) is 5. The van der Waals surface area contributed by atoms with Gasteiger partial charge in [0.15, 0.2) is 0 Å². The van der Waals surface area contributed by atoms with Crippen LogP contribution in [-0.4, -0.2) is 63.7 Å². The second-order valence-electron chi connectivity index (χ2n) is 6.21. The number of likely N-dealkylation sites (N-methyl/N-ethyl adjacent to an activating group) is 1. The Morgan fingerprint density at radius 3 is 2.83 bits per heavy atom. The Balaban J connectivity index is 1.73. The van der Waals surface area contributed by atoms with Crippen molar-refractivity contribution in [1.82, 2.24) is 24.6 Å². The fraction of sp³-hybridized carbons (Fsp3) is 0.438. The average molecular weight is 344 g/mol. The van der Waals surface area contributed by atoms with Gasteiger partial charge in [-0.1, -0.05) is 6.07 Å². The van der Waals surface area contributed by atoms with Gasteiger partial charge in [-0.15, -0.1) is 11.3 Å². The summed E-state index contributed by atoms with van der Waals surface area (Å²) in [6.07, 6.45) is 1.53. The lowest BCUT2D eigenvalue weighted by Gasteiger charge is -2.36. The molecule has 0 spiro atoms. The molecule has 0 radical (unpaired) electrons. The standard InChI is InChI=1S/C16H20N6OS/c1-11-13(15(23)21-7-5-20(2)6-8-21)14(12-4-3-9-24-12)22-16(19-11)17-10-18-22/h3-4,9-10,14H,5-8H2,1-2H3,(H,17,18,19)/t14-/m0/s1. The lowest BCUT2D eigenvalue weighted by atomic mass is 10.00. The molecule has 24 heavy (non-hydrogen) atoms. The maximum Gasteiger partial charge on any atom is 0.254 e. The summed E-state index contributed by atoms with van der Waals surface area (Å²) < 4.78 is 1.81. The quantitative estimate of drug-likeness (QED) is 0.892. The van der Waals surface area contributed by atoms with E-state index in [4.69, 9.17) is 0 Å². The summed E-state index contributed by atoms with van der Waals surface area (Å²) in [6, 6.07) is 3.85. The largest absolute Gasteiger partial charge is 0.336 e. The Kier molecular flexibility index (Phi) is 3.85. The summed E-state index contributed by atoms with van der Waals surface area (Å²) in [5.74, 6) is 0.772. The smallest absolute Gasteiger partial charge is 0.254 e. The van der Waals surface area contributed by atoms with Crippen molar-refractivity contribution in [2.45, 2.75) is 13.0 Å². The molecule has 2 aliphatic heterocycles. The number of carbonyl (C=O) groups is 1. The highest BCUT2D eigenvalue weighted by Crippen LogP contribution is 2.37. The molecule has 0 aliphatic carbocycles. The molecule has 126 valence electrons. The molecule has 1 N–H and O–H groups in total. The number of thiophene rings is 1. The number of fused-ring (bicyclic) bond motifs is 1. The first-order valence-corrected chi connectivity index (χ1v) is 8.91. The van der Waals surface area contributed by atoms with Gasteiger partial charge >= 0.3 is 0 Å². The summed E-state index contributed by atoms with van der Waals surface area (Å²) in [6.45, 7) is 5.27. The summed E-state index contributed by atoms with van der Waals surface area (Å²) in [5.41, 5.74) is 1.62. The number of amides is 1. The predicted molar refractivity (Wildman–Crippen MR) is 92.9 cm³/mol. The molecule has 7 nitrogen and oxygen atoms in total. The van der Waals surface area contributed by atoms with E-state index in [0.717, 1.165) is 42.3 Å². The highest BCUT2D eigenvalue weighted by molar-refractivity contribution is 7.10. The number of hydrogen-bond acceptors (Lipinski definition) is 6. The first kappa shape index (κ1) is 15.3. The molecule has 2 aromatic heterocycles. The molecule has 0 unspecified atom stereocenters. The van der Waals surface area contributed by atoms with Crippen LogP contribution in [0.1, 0.15) is 17.8 Å². The third-order valence-corrected chi connectivity index (χ3v) is 5.55. The Labute approximate surface area is 144 Å². The van der Waals surface area contributed by atoms with Crippen molar-refractivity contribution in [3.63, 3.8) is 0 Å². The second-order valence-corrected chi connectivity index (χ2v) is 7.18. The molecular weight excluding hydrogens is 324 g/mol. The third-order valence-electron chi connectivity index (χ3n) is 4.63. The van der Waals surface area contributed by atoms with E-state index in [1.807, 2.05) is 28.0 Å². The number of allylic oxidation sites excluding steroid dienone is 1. The van der Waals surface area contributed by atoms with E-state index in [1.54, 1.807) is 11.3 Å². The summed E-state index contributed by atoms with van der Waals surface area (Å²) in [7, 11) is 2.09. The molecule has 2 aliphatic rings. The molecule has 0 aromatic carbocycles. The van der Waals surface area contributed by atoms with Gasteiger partial charge in [0.05, 0.1) is 5.57 Å². The van der Waals surface area contributed by atoms with Crippen molar-refractivity contribution in [3.05, 3.63) is 40.0 Å². The number of piperazine rings is 1. The zero-order valence-corrected chi connectivity index (χ0v) is 14.6. The minimum absolute atomic E-state index is 0.0904. The topological polar surface area (TPSA) is 66.3 Å². The Morgan fingerprint density at radius 1 is 1.33 bits per heavy atom. The van der Waals surface area contributed by atoms with Crippen LogP contribution in [0.25, 0.3) is 0 Å². The van der Waals surface area contributed by atoms with Gasteiger partial charge in [0.2, 0.25) is 5.95 Å². The lowest BCUT2D eigenvalue weighted by molar-refractivity contribution is -0.129. The summed E-state index contributed by atoms with van der Waals surface area (Å²) in [4.78, 5) is 22.8. The average Bonchev–Trinajstić information content (AvgIpc) is 3.25. The number of anilines is 1. The molecular formula is C16H20N6OS. The van der Waals surface area contributed by atoms with E-state index in [-0.39, 0.29) is 11.9 Å². The molecule has 4 rings (SSSR count). The molecule has 1 fully saturated rings. The van der Waals surface area contributed by atoms with Crippen LogP contribution in [0.3, 0.4) is 0 Å². The fourth-order valence-electron chi connectivity index (χ4n) is 3.26. The van der Waals surface area contributed by atoms with Gasteiger partial charge in [-0.05, 0) is 25.4 Å².